The van der Waals surface area contributed by atoms with Crippen molar-refractivity contribution in [3.8, 4) is 0 Å². The van der Waals surface area contributed by atoms with E-state index in [0.717, 1.165) is 25.0 Å². The van der Waals surface area contributed by atoms with Crippen LogP contribution in [0.3, 0.4) is 0 Å². The Kier molecular flexibility index (Phi) is 6.10. The lowest BCUT2D eigenvalue weighted by Gasteiger charge is -2.20. The molecule has 2 amide bonds. The summed E-state index contributed by atoms with van der Waals surface area (Å²) in [7, 11) is 0. The van der Waals surface area contributed by atoms with Crippen molar-refractivity contribution >= 4 is 11.8 Å². The average molecular weight is 372 g/mol. The predicted molar refractivity (Wildman–Crippen MR) is 95.8 cm³/mol. The van der Waals surface area contributed by atoms with E-state index < -0.39 is 0 Å². The van der Waals surface area contributed by atoms with Crippen molar-refractivity contribution in [1.82, 2.24) is 30.3 Å². The number of hydrogen-bond donors (Lipinski definition) is 1. The van der Waals surface area contributed by atoms with Crippen LogP contribution in [0.5, 0.6) is 0 Å². The van der Waals surface area contributed by atoms with Crippen LogP contribution < -0.4 is 5.32 Å². The number of nitrogens with one attached hydrogen (secondary N) is 1. The SMILES string of the molecule is Cc1cnc(C(=O)N[C@@H]2CCCN(C(=O)CCc3nc(C)no3)CC2)cn1. The number of aromatic nitrogens is 4. The molecule has 0 spiro atoms. The summed E-state index contributed by atoms with van der Waals surface area (Å²) in [5.41, 5.74) is 1.08. The maximum atomic E-state index is 12.4. The van der Waals surface area contributed by atoms with E-state index in [-0.39, 0.29) is 17.9 Å². The minimum Gasteiger partial charge on any atom is -0.348 e. The highest BCUT2D eigenvalue weighted by atomic mass is 16.5. The van der Waals surface area contributed by atoms with Gasteiger partial charge in [0.05, 0.1) is 11.9 Å². The molecule has 1 aliphatic rings. The van der Waals surface area contributed by atoms with Crippen LogP contribution in [0.25, 0.3) is 0 Å². The molecule has 0 unspecified atom stereocenters. The van der Waals surface area contributed by atoms with Gasteiger partial charge >= 0.3 is 0 Å². The monoisotopic (exact) mass is 372 g/mol. The molecule has 9 heteroatoms. The van der Waals surface area contributed by atoms with Crippen molar-refractivity contribution in [2.45, 2.75) is 52.0 Å². The molecule has 1 atom stereocenters. The molecular weight excluding hydrogens is 348 g/mol. The lowest BCUT2D eigenvalue weighted by Crippen LogP contribution is -2.37. The number of amides is 2. The first-order chi connectivity index (χ1) is 13.0. The second-order valence-corrected chi connectivity index (χ2v) is 6.76. The fraction of sp³-hybridized carbons (Fsp3) is 0.556. The van der Waals surface area contributed by atoms with Crippen LogP contribution in [0.2, 0.25) is 0 Å². The third-order valence-corrected chi connectivity index (χ3v) is 4.55. The van der Waals surface area contributed by atoms with Crippen molar-refractivity contribution in [3.63, 3.8) is 0 Å². The molecule has 2 aromatic heterocycles. The molecule has 0 aliphatic carbocycles. The first-order valence-corrected chi connectivity index (χ1v) is 9.18. The van der Waals surface area contributed by atoms with Crippen molar-refractivity contribution < 1.29 is 14.1 Å². The Morgan fingerprint density at radius 2 is 2.07 bits per heavy atom. The minimum atomic E-state index is -0.223. The highest BCUT2D eigenvalue weighted by Gasteiger charge is 2.22. The van der Waals surface area contributed by atoms with Crippen molar-refractivity contribution in [2.24, 2.45) is 0 Å². The van der Waals surface area contributed by atoms with E-state index in [1.54, 1.807) is 13.1 Å². The largest absolute Gasteiger partial charge is 0.348 e. The molecule has 1 aliphatic heterocycles. The van der Waals surface area contributed by atoms with Crippen LogP contribution in [0, 0.1) is 13.8 Å². The topological polar surface area (TPSA) is 114 Å². The Labute approximate surface area is 157 Å². The van der Waals surface area contributed by atoms with Crippen molar-refractivity contribution in [1.29, 1.82) is 0 Å². The third kappa shape index (κ3) is 5.32. The zero-order valence-corrected chi connectivity index (χ0v) is 15.6. The van der Waals surface area contributed by atoms with Gasteiger partial charge in [-0.1, -0.05) is 5.16 Å². The molecule has 0 radical (unpaired) electrons. The Morgan fingerprint density at radius 3 is 2.78 bits per heavy atom. The maximum Gasteiger partial charge on any atom is 0.271 e. The molecule has 1 N–H and O–H groups in total. The molecule has 3 heterocycles. The highest BCUT2D eigenvalue weighted by molar-refractivity contribution is 5.92. The van der Waals surface area contributed by atoms with Crippen LogP contribution in [0.1, 0.15) is 53.6 Å². The second kappa shape index (κ2) is 8.70. The molecule has 144 valence electrons. The molecule has 27 heavy (non-hydrogen) atoms. The van der Waals surface area contributed by atoms with Gasteiger partial charge in [-0.15, -0.1) is 0 Å². The number of carbonyl (C=O) groups excluding carboxylic acids is 2. The molecule has 9 nitrogen and oxygen atoms in total. The number of aryl methyl sites for hydroxylation is 3. The van der Waals surface area contributed by atoms with Gasteiger partial charge in [0.1, 0.15) is 5.69 Å². The van der Waals surface area contributed by atoms with Gasteiger partial charge in [0, 0.05) is 38.2 Å². The standard InChI is InChI=1S/C18H24N6O3/c1-12-10-20-15(11-19-12)18(26)22-14-4-3-8-24(9-7-14)17(25)6-5-16-21-13(2)23-27-16/h10-11,14H,3-9H2,1-2H3,(H,22,26)/t14-/m1/s1. The summed E-state index contributed by atoms with van der Waals surface area (Å²) in [5, 5.41) is 6.73. The van der Waals surface area contributed by atoms with E-state index in [9.17, 15) is 9.59 Å². The maximum absolute atomic E-state index is 12.4. The number of carbonyl (C=O) groups is 2. The van der Waals surface area contributed by atoms with Gasteiger partial charge in [-0.25, -0.2) is 4.98 Å². The van der Waals surface area contributed by atoms with E-state index in [1.807, 2.05) is 11.8 Å². The third-order valence-electron chi connectivity index (χ3n) is 4.55. The van der Waals surface area contributed by atoms with E-state index in [4.69, 9.17) is 4.52 Å². The van der Waals surface area contributed by atoms with Gasteiger partial charge in [0.2, 0.25) is 11.8 Å². The van der Waals surface area contributed by atoms with Crippen LogP contribution in [-0.4, -0.2) is 56.0 Å². The van der Waals surface area contributed by atoms with Gasteiger partial charge in [-0.05, 0) is 33.1 Å². The zero-order valence-electron chi connectivity index (χ0n) is 15.6. The fourth-order valence-electron chi connectivity index (χ4n) is 3.07. The molecule has 0 aromatic carbocycles. The number of rotatable bonds is 5. The number of hydrogen-bond acceptors (Lipinski definition) is 7. The summed E-state index contributed by atoms with van der Waals surface area (Å²) >= 11 is 0. The lowest BCUT2D eigenvalue weighted by molar-refractivity contribution is -0.131. The number of nitrogens with zero attached hydrogens (tertiary/aromatic N) is 5. The van der Waals surface area contributed by atoms with E-state index >= 15 is 0 Å². The summed E-state index contributed by atoms with van der Waals surface area (Å²) in [4.78, 5) is 38.9. The first kappa shape index (κ1) is 18.9. The molecule has 0 saturated carbocycles. The summed E-state index contributed by atoms with van der Waals surface area (Å²) in [6.45, 7) is 4.88. The summed E-state index contributed by atoms with van der Waals surface area (Å²) in [6.07, 6.45) is 6.24. The summed E-state index contributed by atoms with van der Waals surface area (Å²) < 4.78 is 5.05. The molecular formula is C18H24N6O3. The van der Waals surface area contributed by atoms with E-state index in [2.05, 4.69) is 25.4 Å². The summed E-state index contributed by atoms with van der Waals surface area (Å²) in [6, 6.07) is 0.0250. The average Bonchev–Trinajstić information content (AvgIpc) is 2.93. The van der Waals surface area contributed by atoms with Gasteiger partial charge in [-0.2, -0.15) is 4.98 Å². The molecule has 1 fully saturated rings. The Balaban J connectivity index is 1.47. The fourth-order valence-corrected chi connectivity index (χ4v) is 3.07. The van der Waals surface area contributed by atoms with Crippen LogP contribution in [-0.2, 0) is 11.2 Å². The highest BCUT2D eigenvalue weighted by Crippen LogP contribution is 2.13. The molecule has 1 saturated heterocycles. The van der Waals surface area contributed by atoms with E-state index in [0.29, 0.717) is 43.3 Å². The van der Waals surface area contributed by atoms with Crippen molar-refractivity contribution in [3.05, 3.63) is 35.5 Å². The lowest BCUT2D eigenvalue weighted by atomic mass is 10.1. The normalized spacial score (nSPS) is 17.4. The van der Waals surface area contributed by atoms with Crippen LogP contribution in [0.15, 0.2) is 16.9 Å². The molecule has 3 rings (SSSR count). The van der Waals surface area contributed by atoms with Gasteiger partial charge in [-0.3, -0.25) is 14.6 Å². The van der Waals surface area contributed by atoms with Crippen molar-refractivity contribution in [2.75, 3.05) is 13.1 Å². The number of likely N-dealkylation sites (tertiary alicyclic amines) is 1. The van der Waals surface area contributed by atoms with Gasteiger partial charge in [0.15, 0.2) is 5.82 Å². The predicted octanol–water partition coefficient (Wildman–Crippen LogP) is 1.22. The first-order valence-electron chi connectivity index (χ1n) is 9.18. The minimum absolute atomic E-state index is 0.0250. The molecule has 0 bridgehead atoms. The Hall–Kier alpha value is -2.84. The Bertz CT molecular complexity index is 789. The second-order valence-electron chi connectivity index (χ2n) is 6.76. The Morgan fingerprint density at radius 1 is 1.22 bits per heavy atom. The van der Waals surface area contributed by atoms with Gasteiger partial charge in [0.25, 0.3) is 5.91 Å². The zero-order chi connectivity index (χ0) is 19.2. The van der Waals surface area contributed by atoms with Crippen LogP contribution in [0.4, 0.5) is 0 Å². The molecule has 2 aromatic rings. The van der Waals surface area contributed by atoms with Crippen LogP contribution >= 0.6 is 0 Å². The smallest absolute Gasteiger partial charge is 0.271 e. The van der Waals surface area contributed by atoms with Gasteiger partial charge < -0.3 is 14.7 Å². The quantitative estimate of drug-likeness (QED) is 0.839. The summed E-state index contributed by atoms with van der Waals surface area (Å²) in [5.74, 6) is 0.908. The van der Waals surface area contributed by atoms with E-state index in [1.165, 1.54) is 6.20 Å².